The molecule has 1 fully saturated rings. The first kappa shape index (κ1) is 19.4. The van der Waals surface area contributed by atoms with Crippen LogP contribution in [0.4, 0.5) is 5.13 Å². The van der Waals surface area contributed by atoms with Gasteiger partial charge in [0.2, 0.25) is 5.91 Å². The molecule has 32 heavy (non-hydrogen) atoms. The van der Waals surface area contributed by atoms with Gasteiger partial charge in [0, 0.05) is 18.1 Å². The fourth-order valence-electron chi connectivity index (χ4n) is 4.53. The Bertz CT molecular complexity index is 1240. The lowest BCUT2D eigenvalue weighted by Crippen LogP contribution is -2.40. The number of nitrogens with zero attached hydrogens (tertiary/aromatic N) is 2. The van der Waals surface area contributed by atoms with Crippen LogP contribution in [0.15, 0.2) is 90.4 Å². The molecule has 2 aliphatic heterocycles. The van der Waals surface area contributed by atoms with Crippen molar-refractivity contribution in [3.05, 3.63) is 107 Å². The van der Waals surface area contributed by atoms with Crippen LogP contribution in [0.1, 0.15) is 28.8 Å². The Kier molecular flexibility index (Phi) is 4.83. The number of amides is 1. The number of hydrogen-bond donors (Lipinski definition) is 1. The summed E-state index contributed by atoms with van der Waals surface area (Å²) in [6.45, 7) is 0.641. The molecule has 3 aromatic carbocycles. The van der Waals surface area contributed by atoms with Crippen molar-refractivity contribution in [1.82, 2.24) is 9.88 Å². The first-order valence-electron chi connectivity index (χ1n) is 10.6. The maximum atomic E-state index is 13.4. The van der Waals surface area contributed by atoms with Gasteiger partial charge in [0.05, 0.1) is 0 Å². The Balaban J connectivity index is 1.36. The molecule has 3 heterocycles. The lowest BCUT2D eigenvalue weighted by atomic mass is 9.92. The number of rotatable bonds is 5. The summed E-state index contributed by atoms with van der Waals surface area (Å²) in [5.74, 6) is -0.0944. The molecule has 5 nitrogen and oxygen atoms in total. The first-order valence-corrected chi connectivity index (χ1v) is 11.5. The van der Waals surface area contributed by atoms with Crippen LogP contribution in [0.3, 0.4) is 0 Å². The highest BCUT2D eigenvalue weighted by Crippen LogP contribution is 2.50. The summed E-state index contributed by atoms with van der Waals surface area (Å²) in [7, 11) is 0. The van der Waals surface area contributed by atoms with Crippen LogP contribution in [0.25, 0.3) is 11.1 Å². The Labute approximate surface area is 190 Å². The molecule has 2 aliphatic rings. The third-order valence-corrected chi connectivity index (χ3v) is 6.75. The summed E-state index contributed by atoms with van der Waals surface area (Å²) in [5, 5.41) is 5.45. The lowest BCUT2D eigenvalue weighted by molar-refractivity contribution is -0.122. The summed E-state index contributed by atoms with van der Waals surface area (Å²) in [5.41, 5.74) is 5.72. The maximum Gasteiger partial charge on any atom is 0.248 e. The van der Waals surface area contributed by atoms with Crippen LogP contribution in [0, 0.1) is 0 Å². The highest BCUT2D eigenvalue weighted by molar-refractivity contribution is 7.13. The SMILES string of the molecule is O=C(Nc1nccs1)[C@@H](c1ccccc1)N1Cc2cc(-c3ccccc3)ccc2C2OC21. The zero-order valence-electron chi connectivity index (χ0n) is 17.2. The maximum absolute atomic E-state index is 13.4. The molecule has 1 saturated heterocycles. The number of thiazole rings is 1. The van der Waals surface area contributed by atoms with Crippen molar-refractivity contribution < 1.29 is 9.53 Å². The zero-order chi connectivity index (χ0) is 21.5. The normalized spacial score (nSPS) is 20.1. The highest BCUT2D eigenvalue weighted by atomic mass is 32.1. The first-order chi connectivity index (χ1) is 15.8. The molecule has 6 heteroatoms. The molecule has 2 unspecified atom stereocenters. The Morgan fingerprint density at radius 2 is 1.81 bits per heavy atom. The van der Waals surface area contributed by atoms with Crippen LogP contribution in [0.2, 0.25) is 0 Å². The fraction of sp³-hybridized carbons (Fsp3) is 0.154. The molecule has 6 rings (SSSR count). The van der Waals surface area contributed by atoms with Crippen molar-refractivity contribution in [2.75, 3.05) is 5.32 Å². The van der Waals surface area contributed by atoms with Gasteiger partial charge in [-0.25, -0.2) is 4.98 Å². The highest BCUT2D eigenvalue weighted by Gasteiger charge is 2.52. The Hall–Kier alpha value is -3.32. The van der Waals surface area contributed by atoms with Crippen molar-refractivity contribution in [2.24, 2.45) is 0 Å². The van der Waals surface area contributed by atoms with E-state index in [1.165, 1.54) is 33.6 Å². The number of carbonyl (C=O) groups excluding carboxylic acids is 1. The van der Waals surface area contributed by atoms with E-state index in [2.05, 4.69) is 57.7 Å². The van der Waals surface area contributed by atoms with Gasteiger partial charge in [-0.3, -0.25) is 9.69 Å². The van der Waals surface area contributed by atoms with E-state index in [-0.39, 0.29) is 18.2 Å². The zero-order valence-corrected chi connectivity index (χ0v) is 18.0. The minimum Gasteiger partial charge on any atom is -0.348 e. The Morgan fingerprint density at radius 1 is 1.03 bits per heavy atom. The van der Waals surface area contributed by atoms with E-state index < -0.39 is 6.04 Å². The van der Waals surface area contributed by atoms with Crippen molar-refractivity contribution >= 4 is 22.4 Å². The van der Waals surface area contributed by atoms with Gasteiger partial charge in [-0.2, -0.15) is 0 Å². The van der Waals surface area contributed by atoms with Gasteiger partial charge in [-0.1, -0.05) is 72.8 Å². The van der Waals surface area contributed by atoms with E-state index in [0.29, 0.717) is 11.7 Å². The molecule has 0 spiro atoms. The third kappa shape index (κ3) is 3.52. The van der Waals surface area contributed by atoms with E-state index in [0.717, 1.165) is 5.56 Å². The Morgan fingerprint density at radius 3 is 2.56 bits per heavy atom. The topological polar surface area (TPSA) is 57.8 Å². The standard InChI is InChI=1S/C26H21N3O2S/c30-24(28-26-27-13-14-32-26)22(18-9-5-2-6-10-18)29-16-20-15-19(17-7-3-1-4-8-17)11-12-21(20)23-25(29)31-23/h1-15,22-23,25H,16H2,(H,27,28,30)/t22-,23?,25?/m1/s1. The molecule has 0 aliphatic carbocycles. The average molecular weight is 440 g/mol. The number of ether oxygens (including phenoxy) is 1. The van der Waals surface area contributed by atoms with Crippen LogP contribution in [-0.4, -0.2) is 22.0 Å². The molecule has 4 aromatic rings. The molecule has 0 saturated carbocycles. The van der Waals surface area contributed by atoms with E-state index in [1.807, 2.05) is 41.8 Å². The molecule has 0 radical (unpaired) electrons. The second-order valence-electron chi connectivity index (χ2n) is 8.04. The number of nitrogens with one attached hydrogen (secondary N) is 1. The van der Waals surface area contributed by atoms with Gasteiger partial charge in [0.25, 0.3) is 0 Å². The van der Waals surface area contributed by atoms with Crippen molar-refractivity contribution in [1.29, 1.82) is 0 Å². The summed E-state index contributed by atoms with van der Waals surface area (Å²) < 4.78 is 6.08. The molecule has 1 N–H and O–H groups in total. The van der Waals surface area contributed by atoms with E-state index in [4.69, 9.17) is 4.74 Å². The monoisotopic (exact) mass is 439 g/mol. The van der Waals surface area contributed by atoms with Gasteiger partial charge in [0.1, 0.15) is 18.4 Å². The van der Waals surface area contributed by atoms with Crippen LogP contribution >= 0.6 is 11.3 Å². The molecule has 0 bridgehead atoms. The minimum absolute atomic E-state index is 0.00227. The van der Waals surface area contributed by atoms with Crippen molar-refractivity contribution in [2.45, 2.75) is 24.9 Å². The predicted octanol–water partition coefficient (Wildman–Crippen LogP) is 5.40. The molecule has 158 valence electrons. The van der Waals surface area contributed by atoms with Gasteiger partial charge < -0.3 is 10.1 Å². The molecular formula is C26H21N3O2S. The van der Waals surface area contributed by atoms with Gasteiger partial charge >= 0.3 is 0 Å². The number of anilines is 1. The number of epoxide rings is 1. The van der Waals surface area contributed by atoms with Gasteiger partial charge in [-0.15, -0.1) is 11.3 Å². The molecule has 1 aromatic heterocycles. The minimum atomic E-state index is -0.469. The number of benzene rings is 3. The van der Waals surface area contributed by atoms with Crippen LogP contribution in [0.5, 0.6) is 0 Å². The number of fused-ring (bicyclic) bond motifs is 3. The van der Waals surface area contributed by atoms with E-state index in [1.54, 1.807) is 6.20 Å². The average Bonchev–Trinajstić information content (AvgIpc) is 3.49. The van der Waals surface area contributed by atoms with E-state index in [9.17, 15) is 4.79 Å². The predicted molar refractivity (Wildman–Crippen MR) is 125 cm³/mol. The van der Waals surface area contributed by atoms with Crippen LogP contribution < -0.4 is 5.32 Å². The second kappa shape index (κ2) is 7.98. The van der Waals surface area contributed by atoms with Crippen molar-refractivity contribution in [3.63, 3.8) is 0 Å². The largest absolute Gasteiger partial charge is 0.348 e. The van der Waals surface area contributed by atoms with Crippen LogP contribution in [-0.2, 0) is 16.1 Å². The molecule has 1 amide bonds. The lowest BCUT2D eigenvalue weighted by Gasteiger charge is -2.32. The second-order valence-corrected chi connectivity index (χ2v) is 8.93. The van der Waals surface area contributed by atoms with Crippen molar-refractivity contribution in [3.8, 4) is 11.1 Å². The smallest absolute Gasteiger partial charge is 0.248 e. The summed E-state index contributed by atoms with van der Waals surface area (Å²) in [6, 6.07) is 26.4. The quantitative estimate of drug-likeness (QED) is 0.423. The van der Waals surface area contributed by atoms with Gasteiger partial charge in [-0.05, 0) is 33.9 Å². The number of hydrogen-bond acceptors (Lipinski definition) is 5. The van der Waals surface area contributed by atoms with E-state index >= 15 is 0 Å². The number of aromatic nitrogens is 1. The fourth-order valence-corrected chi connectivity index (χ4v) is 5.06. The van der Waals surface area contributed by atoms with Gasteiger partial charge in [0.15, 0.2) is 5.13 Å². The number of carbonyl (C=O) groups is 1. The molecular weight excluding hydrogens is 418 g/mol. The summed E-state index contributed by atoms with van der Waals surface area (Å²) in [6.07, 6.45) is 1.60. The summed E-state index contributed by atoms with van der Waals surface area (Å²) >= 11 is 1.42. The molecule has 3 atom stereocenters. The third-order valence-electron chi connectivity index (χ3n) is 6.06. The summed E-state index contributed by atoms with van der Waals surface area (Å²) in [4.78, 5) is 19.8.